The summed E-state index contributed by atoms with van der Waals surface area (Å²) >= 11 is 0. The number of carbonyl (C=O) groups excluding carboxylic acids is 1. The average Bonchev–Trinajstić information content (AvgIpc) is 3.04. The molecule has 0 aromatic carbocycles. The van der Waals surface area contributed by atoms with Crippen molar-refractivity contribution in [1.29, 1.82) is 0 Å². The van der Waals surface area contributed by atoms with Gasteiger partial charge in [-0.05, 0) is 45.6 Å². The normalized spacial score (nSPS) is 19.3. The van der Waals surface area contributed by atoms with Crippen LogP contribution < -0.4 is 0 Å². The van der Waals surface area contributed by atoms with E-state index in [0.29, 0.717) is 19.1 Å². The SMILES string of the molecule is CC(C)(C)OC(=O)N1CCC(n2cc(C3=CCCN=C3)cn2)CC1. The predicted octanol–water partition coefficient (Wildman–Crippen LogP) is 3.31. The van der Waals surface area contributed by atoms with Gasteiger partial charge in [0.05, 0.1) is 12.2 Å². The van der Waals surface area contributed by atoms with E-state index in [2.05, 4.69) is 22.4 Å². The Hall–Kier alpha value is -2.11. The second-order valence-electron chi connectivity index (χ2n) is 7.39. The minimum Gasteiger partial charge on any atom is -0.444 e. The summed E-state index contributed by atoms with van der Waals surface area (Å²) in [6, 6.07) is 0.332. The van der Waals surface area contributed by atoms with Gasteiger partial charge in [0.1, 0.15) is 5.60 Å². The van der Waals surface area contributed by atoms with Crippen LogP contribution in [-0.4, -0.2) is 52.2 Å². The Balaban J connectivity index is 1.57. The van der Waals surface area contributed by atoms with Crippen LogP contribution in [0, 0.1) is 0 Å². The first-order chi connectivity index (χ1) is 11.4. The van der Waals surface area contributed by atoms with Crippen molar-refractivity contribution in [3.05, 3.63) is 24.0 Å². The average molecular weight is 330 g/mol. The molecule has 6 nitrogen and oxygen atoms in total. The maximum absolute atomic E-state index is 12.1. The number of allylic oxidation sites excluding steroid dienone is 1. The van der Waals surface area contributed by atoms with Crippen LogP contribution >= 0.6 is 0 Å². The molecule has 6 heteroatoms. The highest BCUT2D eigenvalue weighted by Crippen LogP contribution is 2.25. The van der Waals surface area contributed by atoms with Crippen LogP contribution in [0.4, 0.5) is 4.79 Å². The molecule has 0 unspecified atom stereocenters. The van der Waals surface area contributed by atoms with E-state index in [1.807, 2.05) is 37.9 Å². The number of carbonyl (C=O) groups is 1. The molecule has 1 aromatic rings. The van der Waals surface area contributed by atoms with Gasteiger partial charge in [-0.1, -0.05) is 6.08 Å². The molecule has 0 aliphatic carbocycles. The molecule has 3 heterocycles. The molecule has 24 heavy (non-hydrogen) atoms. The number of nitrogens with zero attached hydrogens (tertiary/aromatic N) is 4. The van der Waals surface area contributed by atoms with Gasteiger partial charge < -0.3 is 9.64 Å². The lowest BCUT2D eigenvalue weighted by Gasteiger charge is -2.33. The minimum absolute atomic E-state index is 0.217. The summed E-state index contributed by atoms with van der Waals surface area (Å²) in [5, 5.41) is 4.52. The highest BCUT2D eigenvalue weighted by molar-refractivity contribution is 6.10. The fourth-order valence-electron chi connectivity index (χ4n) is 3.03. The fraction of sp³-hybridized carbons (Fsp3) is 0.611. The molecule has 130 valence electrons. The molecule has 0 spiro atoms. The van der Waals surface area contributed by atoms with Gasteiger partial charge in [-0.25, -0.2) is 4.79 Å². The first-order valence-corrected chi connectivity index (χ1v) is 8.65. The van der Waals surface area contributed by atoms with Crippen LogP contribution in [-0.2, 0) is 4.74 Å². The van der Waals surface area contributed by atoms with Gasteiger partial charge in [0.15, 0.2) is 0 Å². The lowest BCUT2D eigenvalue weighted by atomic mass is 10.1. The summed E-state index contributed by atoms with van der Waals surface area (Å²) < 4.78 is 7.48. The van der Waals surface area contributed by atoms with Crippen LogP contribution in [0.5, 0.6) is 0 Å². The van der Waals surface area contributed by atoms with Crippen molar-refractivity contribution in [2.75, 3.05) is 19.6 Å². The Kier molecular flexibility index (Phi) is 4.73. The lowest BCUT2D eigenvalue weighted by molar-refractivity contribution is 0.0185. The Morgan fingerprint density at radius 1 is 1.29 bits per heavy atom. The van der Waals surface area contributed by atoms with E-state index in [-0.39, 0.29) is 6.09 Å². The number of dihydropyridines is 1. The lowest BCUT2D eigenvalue weighted by Crippen LogP contribution is -2.42. The number of aliphatic imine (C=N–C) groups is 1. The van der Waals surface area contributed by atoms with E-state index in [4.69, 9.17) is 4.74 Å². The number of aromatic nitrogens is 2. The van der Waals surface area contributed by atoms with E-state index in [1.54, 1.807) is 4.90 Å². The zero-order chi connectivity index (χ0) is 17.2. The molecular formula is C18H26N4O2. The maximum atomic E-state index is 12.1. The third-order valence-electron chi connectivity index (χ3n) is 4.28. The Morgan fingerprint density at radius 2 is 2.04 bits per heavy atom. The third-order valence-corrected chi connectivity index (χ3v) is 4.28. The van der Waals surface area contributed by atoms with Gasteiger partial charge in [0.2, 0.25) is 0 Å². The maximum Gasteiger partial charge on any atom is 0.410 e. The molecule has 2 aliphatic rings. The summed E-state index contributed by atoms with van der Waals surface area (Å²) in [7, 11) is 0. The topological polar surface area (TPSA) is 59.7 Å². The van der Waals surface area contributed by atoms with Crippen molar-refractivity contribution >= 4 is 17.9 Å². The number of hydrogen-bond donors (Lipinski definition) is 0. The molecule has 1 fully saturated rings. The smallest absolute Gasteiger partial charge is 0.410 e. The van der Waals surface area contributed by atoms with Crippen molar-refractivity contribution in [2.24, 2.45) is 4.99 Å². The number of amides is 1. The molecule has 0 atom stereocenters. The molecule has 1 amide bonds. The summed E-state index contributed by atoms with van der Waals surface area (Å²) in [6.45, 7) is 7.98. The molecule has 0 bridgehead atoms. The van der Waals surface area contributed by atoms with Crippen molar-refractivity contribution in [1.82, 2.24) is 14.7 Å². The number of piperidine rings is 1. The van der Waals surface area contributed by atoms with Crippen molar-refractivity contribution < 1.29 is 9.53 Å². The Bertz CT molecular complexity index is 646. The van der Waals surface area contributed by atoms with E-state index in [9.17, 15) is 4.79 Å². The zero-order valence-electron chi connectivity index (χ0n) is 14.7. The fourth-order valence-corrected chi connectivity index (χ4v) is 3.03. The molecule has 0 radical (unpaired) electrons. The summed E-state index contributed by atoms with van der Waals surface area (Å²) in [6.07, 6.45) is 10.7. The van der Waals surface area contributed by atoms with Crippen molar-refractivity contribution in [2.45, 2.75) is 51.7 Å². The summed E-state index contributed by atoms with van der Waals surface area (Å²) in [5.41, 5.74) is 1.83. The van der Waals surface area contributed by atoms with Gasteiger partial charge in [0.25, 0.3) is 0 Å². The molecule has 0 saturated carbocycles. The molecule has 2 aliphatic heterocycles. The second-order valence-corrected chi connectivity index (χ2v) is 7.39. The highest BCUT2D eigenvalue weighted by atomic mass is 16.6. The molecule has 1 saturated heterocycles. The number of likely N-dealkylation sites (tertiary alicyclic amines) is 1. The van der Waals surface area contributed by atoms with Crippen LogP contribution in [0.2, 0.25) is 0 Å². The van der Waals surface area contributed by atoms with Crippen molar-refractivity contribution in [3.8, 4) is 0 Å². The van der Waals surface area contributed by atoms with Gasteiger partial charge in [-0.2, -0.15) is 5.10 Å². The van der Waals surface area contributed by atoms with E-state index in [1.165, 1.54) is 0 Å². The van der Waals surface area contributed by atoms with Gasteiger partial charge in [-0.3, -0.25) is 9.67 Å². The van der Waals surface area contributed by atoms with Gasteiger partial charge >= 0.3 is 6.09 Å². The van der Waals surface area contributed by atoms with E-state index >= 15 is 0 Å². The quantitative estimate of drug-likeness (QED) is 0.836. The first-order valence-electron chi connectivity index (χ1n) is 8.65. The first kappa shape index (κ1) is 16.7. The molecule has 1 aromatic heterocycles. The van der Waals surface area contributed by atoms with Crippen LogP contribution in [0.25, 0.3) is 5.57 Å². The predicted molar refractivity (Wildman–Crippen MR) is 94.3 cm³/mol. The Morgan fingerprint density at radius 3 is 2.67 bits per heavy atom. The van der Waals surface area contributed by atoms with Crippen LogP contribution in [0.15, 0.2) is 23.5 Å². The minimum atomic E-state index is -0.444. The molecular weight excluding hydrogens is 304 g/mol. The number of hydrogen-bond acceptors (Lipinski definition) is 4. The molecule has 0 N–H and O–H groups in total. The largest absolute Gasteiger partial charge is 0.444 e. The van der Waals surface area contributed by atoms with Gasteiger partial charge in [0, 0.05) is 37.6 Å². The standard InChI is InChI=1S/C18H26N4O2/c1-18(2,3)24-17(23)21-9-6-16(7-10-21)22-13-15(12-20-22)14-5-4-8-19-11-14/h5,11-13,16H,4,6-10H2,1-3H3. The Labute approximate surface area is 143 Å². The zero-order valence-corrected chi connectivity index (χ0v) is 14.7. The number of ether oxygens (including phenoxy) is 1. The van der Waals surface area contributed by atoms with E-state index < -0.39 is 5.60 Å². The highest BCUT2D eigenvalue weighted by Gasteiger charge is 2.27. The monoisotopic (exact) mass is 330 g/mol. The van der Waals surface area contributed by atoms with Crippen molar-refractivity contribution in [3.63, 3.8) is 0 Å². The number of rotatable bonds is 2. The van der Waals surface area contributed by atoms with Crippen LogP contribution in [0.3, 0.4) is 0 Å². The summed E-state index contributed by atoms with van der Waals surface area (Å²) in [4.78, 5) is 18.2. The van der Waals surface area contributed by atoms with Crippen LogP contribution in [0.1, 0.15) is 51.6 Å². The second kappa shape index (κ2) is 6.79. The van der Waals surface area contributed by atoms with E-state index in [0.717, 1.165) is 36.9 Å². The third kappa shape index (κ3) is 4.04. The summed E-state index contributed by atoms with van der Waals surface area (Å²) in [5.74, 6) is 0. The molecule has 3 rings (SSSR count). The van der Waals surface area contributed by atoms with Gasteiger partial charge in [-0.15, -0.1) is 0 Å².